The fourth-order valence-electron chi connectivity index (χ4n) is 4.12. The Morgan fingerprint density at radius 1 is 1.12 bits per heavy atom. The summed E-state index contributed by atoms with van der Waals surface area (Å²) in [5.74, 6) is -1.31. The Morgan fingerprint density at radius 3 is 2.41 bits per heavy atom. The van der Waals surface area contributed by atoms with E-state index in [1.165, 1.54) is 29.0 Å². The van der Waals surface area contributed by atoms with E-state index in [0.717, 1.165) is 6.07 Å². The Kier molecular flexibility index (Phi) is 10.1. The average Bonchev–Trinajstić information content (AvgIpc) is 3.04. The highest BCUT2D eigenvalue weighted by molar-refractivity contribution is 6.34. The van der Waals surface area contributed by atoms with E-state index in [9.17, 15) is 27.6 Å². The number of nitrogens with one attached hydrogen (secondary N) is 1. The van der Waals surface area contributed by atoms with Crippen molar-refractivity contribution in [2.24, 2.45) is 0 Å². The highest BCUT2D eigenvalue weighted by Gasteiger charge is 2.34. The molecule has 1 heterocycles. The van der Waals surface area contributed by atoms with Gasteiger partial charge < -0.3 is 29.3 Å². The number of methoxy groups -OCH3 is 1. The number of amides is 3. The maximum Gasteiger partial charge on any atom is 0.422 e. The molecule has 3 amide bonds. The van der Waals surface area contributed by atoms with Crippen LogP contribution in [0, 0.1) is 0 Å². The highest BCUT2D eigenvalue weighted by Crippen LogP contribution is 2.31. The van der Waals surface area contributed by atoms with Crippen LogP contribution in [0.15, 0.2) is 42.5 Å². The fraction of sp³-hybridized carbons (Fsp3) is 0.464. The molecule has 1 aliphatic heterocycles. The molecule has 0 spiro atoms. The number of ether oxygens (including phenoxy) is 3. The molecule has 1 aliphatic rings. The molecule has 13 heteroatoms. The van der Waals surface area contributed by atoms with Crippen molar-refractivity contribution in [3.63, 3.8) is 0 Å². The first-order valence-electron chi connectivity index (χ1n) is 12.8. The molecule has 2 aromatic rings. The number of anilines is 1. The number of alkyl halides is 3. The summed E-state index contributed by atoms with van der Waals surface area (Å²) in [6.45, 7) is 5.79. The molecule has 0 aliphatic carbocycles. The lowest BCUT2D eigenvalue weighted by atomic mass is 10.1. The molecule has 0 radical (unpaired) electrons. The van der Waals surface area contributed by atoms with Gasteiger partial charge in [0.15, 0.2) is 12.6 Å². The van der Waals surface area contributed by atoms with E-state index >= 15 is 0 Å². The SMILES string of the molecule is COC(=O)[C@H](COC(C)(C)C)NC(=O)N1Cc2ccccc2N(C(=O)c2ccc(OCC(F)(F)F)cc2Cl)C[C@H]1C. The van der Waals surface area contributed by atoms with Crippen molar-refractivity contribution in [2.45, 2.75) is 58.1 Å². The van der Waals surface area contributed by atoms with Crippen LogP contribution in [-0.2, 0) is 20.8 Å². The van der Waals surface area contributed by atoms with Gasteiger partial charge in [0.1, 0.15) is 5.75 Å². The molecule has 2 atom stereocenters. The van der Waals surface area contributed by atoms with Gasteiger partial charge in [0.2, 0.25) is 0 Å². The summed E-state index contributed by atoms with van der Waals surface area (Å²) < 4.78 is 52.9. The number of esters is 1. The number of rotatable bonds is 7. The third-order valence-electron chi connectivity index (χ3n) is 6.15. The van der Waals surface area contributed by atoms with E-state index in [2.05, 4.69) is 5.32 Å². The third-order valence-corrected chi connectivity index (χ3v) is 6.46. The van der Waals surface area contributed by atoms with Crippen molar-refractivity contribution in [1.82, 2.24) is 10.2 Å². The number of hydrogen-bond donors (Lipinski definition) is 1. The van der Waals surface area contributed by atoms with E-state index < -0.39 is 48.4 Å². The smallest absolute Gasteiger partial charge is 0.422 e. The lowest BCUT2D eigenvalue weighted by Crippen LogP contribution is -2.54. The number of halogens is 4. The number of nitrogens with zero attached hydrogens (tertiary/aromatic N) is 2. The van der Waals surface area contributed by atoms with Gasteiger partial charge in [-0.1, -0.05) is 29.8 Å². The maximum atomic E-state index is 13.7. The number of urea groups is 1. The summed E-state index contributed by atoms with van der Waals surface area (Å²) in [4.78, 5) is 42.5. The van der Waals surface area contributed by atoms with Crippen LogP contribution < -0.4 is 15.0 Å². The van der Waals surface area contributed by atoms with Gasteiger partial charge in [0.05, 0.1) is 29.9 Å². The van der Waals surface area contributed by atoms with Crippen molar-refractivity contribution < 1.29 is 41.8 Å². The van der Waals surface area contributed by atoms with Gasteiger partial charge in [-0.15, -0.1) is 0 Å². The van der Waals surface area contributed by atoms with Gasteiger partial charge in [-0.2, -0.15) is 13.2 Å². The van der Waals surface area contributed by atoms with Crippen molar-refractivity contribution >= 4 is 35.2 Å². The van der Waals surface area contributed by atoms with Gasteiger partial charge in [0, 0.05) is 24.8 Å². The van der Waals surface area contributed by atoms with Crippen LogP contribution in [0.1, 0.15) is 43.6 Å². The molecule has 0 bridgehead atoms. The normalized spacial score (nSPS) is 16.4. The molecule has 0 saturated carbocycles. The molecule has 224 valence electrons. The summed E-state index contributed by atoms with van der Waals surface area (Å²) in [7, 11) is 1.22. The predicted octanol–water partition coefficient (Wildman–Crippen LogP) is 5.20. The van der Waals surface area contributed by atoms with Crippen molar-refractivity contribution in [3.8, 4) is 5.75 Å². The minimum Gasteiger partial charge on any atom is -0.484 e. The van der Waals surface area contributed by atoms with Crippen LogP contribution in [0.3, 0.4) is 0 Å². The summed E-state index contributed by atoms with van der Waals surface area (Å²) in [5.41, 5.74) is 0.684. The van der Waals surface area contributed by atoms with E-state index in [1.807, 2.05) is 20.8 Å². The zero-order valence-electron chi connectivity index (χ0n) is 23.4. The zero-order valence-corrected chi connectivity index (χ0v) is 24.1. The summed E-state index contributed by atoms with van der Waals surface area (Å²) in [6.07, 6.45) is -4.53. The Bertz CT molecular complexity index is 1270. The third kappa shape index (κ3) is 8.74. The van der Waals surface area contributed by atoms with E-state index in [4.69, 9.17) is 25.8 Å². The minimum atomic E-state index is -4.53. The van der Waals surface area contributed by atoms with Crippen molar-refractivity contribution in [3.05, 3.63) is 58.6 Å². The zero-order chi connectivity index (χ0) is 30.5. The standard InChI is InChI=1S/C28H33ClF3N3O6/c1-17-13-35(24(36)20-11-10-19(12-21(20)29)40-16-28(30,31)32)23-9-7-6-8-18(23)14-34(17)26(38)33-22(25(37)39-5)15-41-27(2,3)4/h6-12,17,22H,13-16H2,1-5H3,(H,33,38)/t17-,22+/m1/s1. The van der Waals surface area contributed by atoms with Crippen LogP contribution in [-0.4, -0.2) is 73.5 Å². The number of hydrogen-bond acceptors (Lipinski definition) is 6. The number of para-hydroxylation sites is 1. The number of benzene rings is 2. The van der Waals surface area contributed by atoms with Crippen LogP contribution in [0.2, 0.25) is 5.02 Å². The topological polar surface area (TPSA) is 97.4 Å². The van der Waals surface area contributed by atoms with E-state index in [1.54, 1.807) is 31.2 Å². The molecule has 0 unspecified atom stereocenters. The van der Waals surface area contributed by atoms with Gasteiger partial charge in [-0.3, -0.25) is 4.79 Å². The maximum absolute atomic E-state index is 13.7. The Hall–Kier alpha value is -3.51. The molecular formula is C28H33ClF3N3O6. The van der Waals surface area contributed by atoms with E-state index in [0.29, 0.717) is 11.3 Å². The van der Waals surface area contributed by atoms with Crippen molar-refractivity contribution in [1.29, 1.82) is 0 Å². The molecular weight excluding hydrogens is 567 g/mol. The first kappa shape index (κ1) is 32.0. The summed E-state index contributed by atoms with van der Waals surface area (Å²) in [5, 5.41) is 2.60. The first-order chi connectivity index (χ1) is 19.1. The molecule has 1 N–H and O–H groups in total. The van der Waals surface area contributed by atoms with Crippen LogP contribution in [0.4, 0.5) is 23.7 Å². The van der Waals surface area contributed by atoms with Crippen molar-refractivity contribution in [2.75, 3.05) is 31.8 Å². The van der Waals surface area contributed by atoms with E-state index in [-0.39, 0.29) is 36.0 Å². The molecule has 0 fully saturated rings. The van der Waals surface area contributed by atoms with Crippen LogP contribution >= 0.6 is 11.6 Å². The van der Waals surface area contributed by atoms with Gasteiger partial charge in [-0.25, -0.2) is 9.59 Å². The summed E-state index contributed by atoms with van der Waals surface area (Å²) >= 11 is 6.30. The van der Waals surface area contributed by atoms with Gasteiger partial charge >= 0.3 is 18.2 Å². The molecule has 3 rings (SSSR count). The second kappa shape index (κ2) is 13.0. The van der Waals surface area contributed by atoms with Crippen LogP contribution in [0.25, 0.3) is 0 Å². The van der Waals surface area contributed by atoms with Gasteiger partial charge in [-0.05, 0) is 57.5 Å². The molecule has 9 nitrogen and oxygen atoms in total. The second-order valence-corrected chi connectivity index (χ2v) is 10.9. The first-order valence-corrected chi connectivity index (χ1v) is 13.1. The average molecular weight is 600 g/mol. The molecule has 41 heavy (non-hydrogen) atoms. The lowest BCUT2D eigenvalue weighted by molar-refractivity contribution is -0.153. The largest absolute Gasteiger partial charge is 0.484 e. The Balaban J connectivity index is 1.85. The Morgan fingerprint density at radius 2 is 1.80 bits per heavy atom. The minimum absolute atomic E-state index is 0.0519. The van der Waals surface area contributed by atoms with Gasteiger partial charge in [0.25, 0.3) is 5.91 Å². The molecule has 0 aromatic heterocycles. The number of fused-ring (bicyclic) bond motifs is 1. The molecule has 2 aromatic carbocycles. The highest BCUT2D eigenvalue weighted by atomic mass is 35.5. The predicted molar refractivity (Wildman–Crippen MR) is 146 cm³/mol. The summed E-state index contributed by atoms with van der Waals surface area (Å²) in [6, 6.07) is 8.55. The number of carbonyl (C=O) groups excluding carboxylic acids is 3. The fourth-order valence-corrected chi connectivity index (χ4v) is 4.37. The second-order valence-electron chi connectivity index (χ2n) is 10.5. The Labute approximate surface area is 241 Å². The number of carbonyl (C=O) groups is 3. The lowest BCUT2D eigenvalue weighted by Gasteiger charge is -2.31. The monoisotopic (exact) mass is 599 g/mol. The van der Waals surface area contributed by atoms with Crippen LogP contribution in [0.5, 0.6) is 5.75 Å². The quantitative estimate of drug-likeness (QED) is 0.440. The molecule has 0 saturated heterocycles.